The second kappa shape index (κ2) is 6.57. The maximum Gasteiger partial charge on any atom is 0.410 e. The van der Waals surface area contributed by atoms with E-state index in [1.807, 2.05) is 26.8 Å². The summed E-state index contributed by atoms with van der Waals surface area (Å²) in [7, 11) is 0. The summed E-state index contributed by atoms with van der Waals surface area (Å²) in [6, 6.07) is 6.22. The Morgan fingerprint density at radius 1 is 1.23 bits per heavy atom. The quantitative estimate of drug-likeness (QED) is 0.912. The van der Waals surface area contributed by atoms with Crippen LogP contribution < -0.4 is 10.6 Å². The fourth-order valence-corrected chi connectivity index (χ4v) is 2.78. The maximum atomic E-state index is 12.1. The van der Waals surface area contributed by atoms with Gasteiger partial charge in [0.1, 0.15) is 5.60 Å². The fraction of sp³-hybridized carbons (Fsp3) is 0.588. The summed E-state index contributed by atoms with van der Waals surface area (Å²) in [4.78, 5) is 16.2. The largest absolute Gasteiger partial charge is 0.444 e. The van der Waals surface area contributed by atoms with E-state index in [1.54, 1.807) is 4.90 Å². The van der Waals surface area contributed by atoms with Crippen LogP contribution in [0.15, 0.2) is 18.2 Å². The first-order valence-corrected chi connectivity index (χ1v) is 7.83. The highest BCUT2D eigenvalue weighted by molar-refractivity contribution is 5.69. The van der Waals surface area contributed by atoms with Gasteiger partial charge in [-0.15, -0.1) is 0 Å². The van der Waals surface area contributed by atoms with Crippen molar-refractivity contribution in [3.05, 3.63) is 29.3 Å². The van der Waals surface area contributed by atoms with Gasteiger partial charge in [-0.25, -0.2) is 4.79 Å². The number of carbonyl (C=O) groups is 1. The summed E-state index contributed by atoms with van der Waals surface area (Å²) in [5, 5.41) is 0. The van der Waals surface area contributed by atoms with Gasteiger partial charge < -0.3 is 20.3 Å². The van der Waals surface area contributed by atoms with Crippen molar-refractivity contribution in [2.45, 2.75) is 39.8 Å². The first-order chi connectivity index (χ1) is 10.3. The van der Waals surface area contributed by atoms with Crippen LogP contribution in [0.3, 0.4) is 0 Å². The normalized spacial score (nSPS) is 15.9. The minimum absolute atomic E-state index is 0.226. The molecule has 0 saturated carbocycles. The third-order valence-corrected chi connectivity index (χ3v) is 3.79. The van der Waals surface area contributed by atoms with E-state index in [2.05, 4.69) is 24.0 Å². The zero-order valence-electron chi connectivity index (χ0n) is 14.1. The van der Waals surface area contributed by atoms with Crippen LogP contribution in [0.4, 0.5) is 10.5 Å². The van der Waals surface area contributed by atoms with E-state index in [0.29, 0.717) is 19.6 Å². The zero-order chi connectivity index (χ0) is 16.3. The molecule has 1 fully saturated rings. The highest BCUT2D eigenvalue weighted by atomic mass is 16.6. The highest BCUT2D eigenvalue weighted by Gasteiger charge is 2.26. The van der Waals surface area contributed by atoms with Crippen molar-refractivity contribution in [1.82, 2.24) is 4.90 Å². The number of nitrogens with zero attached hydrogens (tertiary/aromatic N) is 2. The number of rotatable bonds is 2. The molecule has 0 unspecified atom stereocenters. The SMILES string of the molecule is Cc1cccc(CN)c1N1CCN(C(=O)OC(C)(C)C)CC1. The molecule has 1 heterocycles. The second-order valence-corrected chi connectivity index (χ2v) is 6.74. The Morgan fingerprint density at radius 2 is 1.86 bits per heavy atom. The summed E-state index contributed by atoms with van der Waals surface area (Å²) in [6.45, 7) is 11.3. The molecule has 0 spiro atoms. The van der Waals surface area contributed by atoms with Gasteiger partial charge in [-0.05, 0) is 38.8 Å². The van der Waals surface area contributed by atoms with Gasteiger partial charge in [0.05, 0.1) is 0 Å². The monoisotopic (exact) mass is 305 g/mol. The van der Waals surface area contributed by atoms with Crippen LogP contribution in [0.1, 0.15) is 31.9 Å². The molecule has 1 aliphatic rings. The smallest absolute Gasteiger partial charge is 0.410 e. The van der Waals surface area contributed by atoms with E-state index < -0.39 is 5.60 Å². The van der Waals surface area contributed by atoms with Crippen LogP contribution in [-0.2, 0) is 11.3 Å². The van der Waals surface area contributed by atoms with E-state index in [1.165, 1.54) is 11.3 Å². The van der Waals surface area contributed by atoms with Crippen LogP contribution in [0.25, 0.3) is 0 Å². The average Bonchev–Trinajstić information content (AvgIpc) is 2.45. The highest BCUT2D eigenvalue weighted by Crippen LogP contribution is 2.26. The van der Waals surface area contributed by atoms with Gasteiger partial charge in [-0.3, -0.25) is 0 Å². The van der Waals surface area contributed by atoms with Crippen molar-refractivity contribution >= 4 is 11.8 Å². The molecule has 1 aliphatic heterocycles. The lowest BCUT2D eigenvalue weighted by molar-refractivity contribution is 0.0240. The van der Waals surface area contributed by atoms with Crippen molar-refractivity contribution < 1.29 is 9.53 Å². The van der Waals surface area contributed by atoms with Crippen molar-refractivity contribution in [1.29, 1.82) is 0 Å². The lowest BCUT2D eigenvalue weighted by atomic mass is 10.1. The number of carbonyl (C=O) groups excluding carboxylic acids is 1. The number of piperazine rings is 1. The lowest BCUT2D eigenvalue weighted by Gasteiger charge is -2.38. The number of aryl methyl sites for hydroxylation is 1. The Kier molecular flexibility index (Phi) is 4.96. The van der Waals surface area contributed by atoms with Crippen LogP contribution in [0, 0.1) is 6.92 Å². The summed E-state index contributed by atoms with van der Waals surface area (Å²) < 4.78 is 5.44. The van der Waals surface area contributed by atoms with Gasteiger partial charge in [0.25, 0.3) is 0 Å². The molecule has 1 saturated heterocycles. The first-order valence-electron chi connectivity index (χ1n) is 7.83. The average molecular weight is 305 g/mol. The van der Waals surface area contributed by atoms with Crippen LogP contribution in [0.5, 0.6) is 0 Å². The molecule has 2 rings (SSSR count). The number of ether oxygens (including phenoxy) is 1. The van der Waals surface area contributed by atoms with Gasteiger partial charge in [0, 0.05) is 38.4 Å². The maximum absolute atomic E-state index is 12.1. The molecule has 0 aliphatic carbocycles. The Labute approximate surface area is 133 Å². The van der Waals surface area contributed by atoms with Crippen molar-refractivity contribution in [3.63, 3.8) is 0 Å². The first kappa shape index (κ1) is 16.6. The van der Waals surface area contributed by atoms with E-state index in [0.717, 1.165) is 18.7 Å². The molecule has 0 atom stereocenters. The molecular weight excluding hydrogens is 278 g/mol. The topological polar surface area (TPSA) is 58.8 Å². The van der Waals surface area contributed by atoms with Gasteiger partial charge >= 0.3 is 6.09 Å². The molecule has 1 aromatic carbocycles. The second-order valence-electron chi connectivity index (χ2n) is 6.74. The molecule has 5 nitrogen and oxygen atoms in total. The minimum Gasteiger partial charge on any atom is -0.444 e. The molecule has 5 heteroatoms. The van der Waals surface area contributed by atoms with E-state index in [-0.39, 0.29) is 6.09 Å². The Morgan fingerprint density at radius 3 is 2.41 bits per heavy atom. The predicted molar refractivity (Wildman–Crippen MR) is 89.1 cm³/mol. The molecule has 22 heavy (non-hydrogen) atoms. The third kappa shape index (κ3) is 3.91. The van der Waals surface area contributed by atoms with Gasteiger partial charge in [-0.2, -0.15) is 0 Å². The Hall–Kier alpha value is -1.75. The zero-order valence-corrected chi connectivity index (χ0v) is 14.1. The molecule has 2 N–H and O–H groups in total. The minimum atomic E-state index is -0.447. The molecular formula is C17H27N3O2. The standard InChI is InChI=1S/C17H27N3O2/c1-13-6-5-7-14(12-18)15(13)19-8-10-20(11-9-19)16(21)22-17(2,3)4/h5-7H,8-12,18H2,1-4H3. The summed E-state index contributed by atoms with van der Waals surface area (Å²) in [5.41, 5.74) is 9.02. The Bertz CT molecular complexity index is 529. The molecule has 1 amide bonds. The summed E-state index contributed by atoms with van der Waals surface area (Å²) >= 11 is 0. The van der Waals surface area contributed by atoms with Crippen LogP contribution in [-0.4, -0.2) is 42.8 Å². The lowest BCUT2D eigenvalue weighted by Crippen LogP contribution is -2.50. The Balaban J connectivity index is 2.02. The molecule has 0 radical (unpaired) electrons. The molecule has 1 aromatic rings. The van der Waals surface area contributed by atoms with Crippen molar-refractivity contribution in [3.8, 4) is 0 Å². The molecule has 122 valence electrons. The van der Waals surface area contributed by atoms with Crippen LogP contribution in [0.2, 0.25) is 0 Å². The number of hydrogen-bond acceptors (Lipinski definition) is 4. The fourth-order valence-electron chi connectivity index (χ4n) is 2.78. The third-order valence-electron chi connectivity index (χ3n) is 3.79. The number of para-hydroxylation sites is 1. The number of benzene rings is 1. The van der Waals surface area contributed by atoms with E-state index in [4.69, 9.17) is 10.5 Å². The summed E-state index contributed by atoms with van der Waals surface area (Å²) in [5.74, 6) is 0. The molecule has 0 aromatic heterocycles. The van der Waals surface area contributed by atoms with Gasteiger partial charge in [0.2, 0.25) is 0 Å². The van der Waals surface area contributed by atoms with Crippen LogP contribution >= 0.6 is 0 Å². The number of anilines is 1. The van der Waals surface area contributed by atoms with E-state index in [9.17, 15) is 4.79 Å². The molecule has 0 bridgehead atoms. The number of hydrogen-bond donors (Lipinski definition) is 1. The van der Waals surface area contributed by atoms with Crippen molar-refractivity contribution in [2.24, 2.45) is 5.73 Å². The number of nitrogens with two attached hydrogens (primary N) is 1. The van der Waals surface area contributed by atoms with Crippen molar-refractivity contribution in [2.75, 3.05) is 31.1 Å². The summed E-state index contributed by atoms with van der Waals surface area (Å²) in [6.07, 6.45) is -0.226. The predicted octanol–water partition coefficient (Wildman–Crippen LogP) is 2.51. The number of amides is 1. The van der Waals surface area contributed by atoms with Gasteiger partial charge in [0.15, 0.2) is 0 Å². The van der Waals surface area contributed by atoms with E-state index >= 15 is 0 Å². The van der Waals surface area contributed by atoms with Gasteiger partial charge in [-0.1, -0.05) is 18.2 Å².